The van der Waals surface area contributed by atoms with Crippen LogP contribution in [0.1, 0.15) is 44.6 Å². The second-order valence-corrected chi connectivity index (χ2v) is 5.65. The summed E-state index contributed by atoms with van der Waals surface area (Å²) in [5.41, 5.74) is -4.60. The topological polar surface area (TPSA) is 82.7 Å². The van der Waals surface area contributed by atoms with Crippen LogP contribution in [0.4, 0.5) is 13.2 Å². The van der Waals surface area contributed by atoms with Gasteiger partial charge in [0.1, 0.15) is 11.5 Å². The van der Waals surface area contributed by atoms with Crippen LogP contribution in [-0.2, 0) is 10.4 Å². The molecule has 0 fully saturated rings. The number of carbonyl (C=O) groups excluding carboxylic acids is 1. The predicted octanol–water partition coefficient (Wildman–Crippen LogP) is 2.40. The number of furan rings is 1. The molecule has 0 spiro atoms. The molecule has 1 aromatic rings. The number of carbonyl (C=O) groups is 1. The molecular weight excluding hydrogens is 315 g/mol. The highest BCUT2D eigenvalue weighted by atomic mass is 19.4. The maximum Gasteiger partial charge on any atom is 0.425 e. The summed E-state index contributed by atoms with van der Waals surface area (Å²) in [6, 6.07) is 2.27. The molecule has 0 aliphatic carbocycles. The molecule has 1 aromatic heterocycles. The van der Waals surface area contributed by atoms with E-state index in [-0.39, 0.29) is 12.3 Å². The number of alkyl halides is 3. The lowest BCUT2D eigenvalue weighted by Crippen LogP contribution is -2.48. The van der Waals surface area contributed by atoms with Crippen LogP contribution in [0.25, 0.3) is 0 Å². The smallest absolute Gasteiger partial charge is 0.425 e. The minimum atomic E-state index is -5.08. The molecule has 0 saturated carbocycles. The van der Waals surface area contributed by atoms with Gasteiger partial charge in [0, 0.05) is 6.54 Å². The molecule has 0 aliphatic heterocycles. The molecule has 1 atom stereocenters. The van der Waals surface area contributed by atoms with Crippen molar-refractivity contribution >= 4 is 5.91 Å². The van der Waals surface area contributed by atoms with Crippen LogP contribution >= 0.6 is 0 Å². The lowest BCUT2D eigenvalue weighted by molar-refractivity contribution is -0.273. The maximum absolute atomic E-state index is 13.2. The van der Waals surface area contributed by atoms with Gasteiger partial charge in [0.15, 0.2) is 0 Å². The van der Waals surface area contributed by atoms with Gasteiger partial charge < -0.3 is 19.9 Å². The molecule has 1 heterocycles. The molecule has 0 bridgehead atoms. The van der Waals surface area contributed by atoms with E-state index in [1.165, 1.54) is 13.0 Å². The van der Waals surface area contributed by atoms with E-state index in [0.717, 1.165) is 6.07 Å². The van der Waals surface area contributed by atoms with Crippen molar-refractivity contribution in [1.29, 1.82) is 0 Å². The average molecular weight is 337 g/mol. The summed E-state index contributed by atoms with van der Waals surface area (Å²) in [4.78, 5) is 11.8. The van der Waals surface area contributed by atoms with Crippen LogP contribution in [0.3, 0.4) is 0 Å². The van der Waals surface area contributed by atoms with Crippen molar-refractivity contribution in [2.45, 2.75) is 57.4 Å². The third-order valence-electron chi connectivity index (χ3n) is 3.96. The maximum atomic E-state index is 13.2. The Bertz CT molecular complexity index is 537. The number of hydrogen-bond acceptors (Lipinski definition) is 4. The Hall–Kier alpha value is -1.54. The van der Waals surface area contributed by atoms with E-state index >= 15 is 0 Å². The molecule has 0 saturated heterocycles. The summed E-state index contributed by atoms with van der Waals surface area (Å²) in [6.45, 7) is 4.65. The first-order valence-electron chi connectivity index (χ1n) is 7.32. The lowest BCUT2D eigenvalue weighted by Gasteiger charge is -2.29. The van der Waals surface area contributed by atoms with E-state index in [1.807, 2.05) is 0 Å². The summed E-state index contributed by atoms with van der Waals surface area (Å²) in [6.07, 6.45) is -5.65. The largest absolute Gasteiger partial charge is 0.463 e. The van der Waals surface area contributed by atoms with Crippen molar-refractivity contribution < 1.29 is 32.6 Å². The van der Waals surface area contributed by atoms with Crippen LogP contribution in [0.15, 0.2) is 16.5 Å². The van der Waals surface area contributed by atoms with E-state index in [1.54, 1.807) is 13.8 Å². The van der Waals surface area contributed by atoms with Gasteiger partial charge in [-0.1, -0.05) is 13.8 Å². The first kappa shape index (κ1) is 19.5. The van der Waals surface area contributed by atoms with Crippen molar-refractivity contribution in [1.82, 2.24) is 5.32 Å². The third-order valence-corrected chi connectivity index (χ3v) is 3.96. The fourth-order valence-electron chi connectivity index (χ4n) is 2.04. The molecule has 0 aliphatic rings. The Morgan fingerprint density at radius 2 is 1.78 bits per heavy atom. The van der Waals surface area contributed by atoms with E-state index in [9.17, 15) is 28.2 Å². The van der Waals surface area contributed by atoms with E-state index in [4.69, 9.17) is 4.42 Å². The molecular formula is C15H22F3NO4. The first-order chi connectivity index (χ1) is 10.5. The lowest BCUT2D eigenvalue weighted by atomic mass is 9.94. The number of amides is 1. The molecule has 3 N–H and O–H groups in total. The van der Waals surface area contributed by atoms with Gasteiger partial charge in [0.2, 0.25) is 11.5 Å². The molecule has 1 amide bonds. The highest BCUT2D eigenvalue weighted by Crippen LogP contribution is 2.42. The summed E-state index contributed by atoms with van der Waals surface area (Å²) < 4.78 is 44.5. The van der Waals surface area contributed by atoms with E-state index in [0.29, 0.717) is 12.8 Å². The standard InChI is InChI=1S/C15H22F3NO4/c1-4-13(21,5-2)9-19-12(20)8-14(22,15(16,17)18)11-7-6-10(3)23-11/h6-7,21-22H,4-5,8-9H2,1-3H3,(H,19,20). The number of aryl methyl sites for hydroxylation is 1. The zero-order valence-electron chi connectivity index (χ0n) is 13.3. The van der Waals surface area contributed by atoms with Crippen molar-refractivity contribution in [2.24, 2.45) is 0 Å². The monoisotopic (exact) mass is 337 g/mol. The molecule has 1 unspecified atom stereocenters. The van der Waals surface area contributed by atoms with Gasteiger partial charge in [0.25, 0.3) is 0 Å². The summed E-state index contributed by atoms with van der Waals surface area (Å²) in [5.74, 6) is -1.58. The normalized spacial score (nSPS) is 15.3. The van der Waals surface area contributed by atoms with Gasteiger partial charge in [-0.25, -0.2) is 0 Å². The minimum absolute atomic E-state index is 0.189. The van der Waals surface area contributed by atoms with Crippen molar-refractivity contribution in [3.8, 4) is 0 Å². The second-order valence-electron chi connectivity index (χ2n) is 5.65. The second kappa shape index (κ2) is 6.92. The fourth-order valence-corrected chi connectivity index (χ4v) is 2.04. The Morgan fingerprint density at radius 1 is 1.22 bits per heavy atom. The van der Waals surface area contributed by atoms with Crippen LogP contribution in [0.5, 0.6) is 0 Å². The quantitative estimate of drug-likeness (QED) is 0.713. The predicted molar refractivity (Wildman–Crippen MR) is 76.6 cm³/mol. The zero-order chi connectivity index (χ0) is 17.9. The molecule has 0 radical (unpaired) electrons. The molecule has 23 heavy (non-hydrogen) atoms. The Kier molecular flexibility index (Phi) is 5.87. The molecule has 0 aromatic carbocycles. The van der Waals surface area contributed by atoms with Gasteiger partial charge in [-0.2, -0.15) is 13.2 Å². The summed E-state index contributed by atoms with van der Waals surface area (Å²) >= 11 is 0. The number of halogens is 3. The Balaban J connectivity index is 2.89. The fraction of sp³-hybridized carbons (Fsp3) is 0.667. The Morgan fingerprint density at radius 3 is 2.17 bits per heavy atom. The first-order valence-corrected chi connectivity index (χ1v) is 7.32. The van der Waals surface area contributed by atoms with Crippen LogP contribution < -0.4 is 5.32 Å². The van der Waals surface area contributed by atoms with Crippen molar-refractivity contribution in [3.05, 3.63) is 23.7 Å². The molecule has 5 nitrogen and oxygen atoms in total. The molecule has 8 heteroatoms. The van der Waals surface area contributed by atoms with Crippen LogP contribution in [0, 0.1) is 6.92 Å². The number of aliphatic hydroxyl groups is 2. The number of rotatable bonds is 7. The van der Waals surface area contributed by atoms with Crippen LogP contribution in [-0.4, -0.2) is 34.4 Å². The van der Waals surface area contributed by atoms with Gasteiger partial charge in [0.05, 0.1) is 12.0 Å². The average Bonchev–Trinajstić information content (AvgIpc) is 2.90. The molecule has 132 valence electrons. The SMILES string of the molecule is CCC(O)(CC)CNC(=O)CC(O)(c1ccc(C)o1)C(F)(F)F. The van der Waals surface area contributed by atoms with E-state index < -0.39 is 35.5 Å². The van der Waals surface area contributed by atoms with Crippen LogP contribution in [0.2, 0.25) is 0 Å². The number of nitrogens with one attached hydrogen (secondary N) is 1. The van der Waals surface area contributed by atoms with Crippen molar-refractivity contribution in [2.75, 3.05) is 6.54 Å². The minimum Gasteiger partial charge on any atom is -0.463 e. The summed E-state index contributed by atoms with van der Waals surface area (Å²) in [5, 5.41) is 22.3. The van der Waals surface area contributed by atoms with Gasteiger partial charge in [-0.3, -0.25) is 4.79 Å². The van der Waals surface area contributed by atoms with Gasteiger partial charge in [-0.05, 0) is 31.9 Å². The summed E-state index contributed by atoms with van der Waals surface area (Å²) in [7, 11) is 0. The third kappa shape index (κ3) is 4.48. The van der Waals surface area contributed by atoms with Crippen molar-refractivity contribution in [3.63, 3.8) is 0 Å². The molecule has 1 rings (SSSR count). The van der Waals surface area contributed by atoms with Gasteiger partial charge >= 0.3 is 6.18 Å². The highest BCUT2D eigenvalue weighted by molar-refractivity contribution is 5.77. The Labute approximate surface area is 132 Å². The highest BCUT2D eigenvalue weighted by Gasteiger charge is 2.58. The zero-order valence-corrected chi connectivity index (χ0v) is 13.3. The number of hydrogen-bond donors (Lipinski definition) is 3. The van der Waals surface area contributed by atoms with E-state index in [2.05, 4.69) is 5.32 Å². The van der Waals surface area contributed by atoms with Gasteiger partial charge in [-0.15, -0.1) is 0 Å².